The molecule has 2 heterocycles. The number of alkyl halides is 2. The van der Waals surface area contributed by atoms with Crippen LogP contribution in [0.2, 0.25) is 0 Å². The second kappa shape index (κ2) is 8.29. The minimum atomic E-state index is -2.84. The van der Waals surface area contributed by atoms with Gasteiger partial charge < -0.3 is 15.6 Å². The third-order valence-electron chi connectivity index (χ3n) is 5.16. The summed E-state index contributed by atoms with van der Waals surface area (Å²) < 4.78 is 33.3. The molecule has 8 nitrogen and oxygen atoms in total. The minimum absolute atomic E-state index is 0.00873. The summed E-state index contributed by atoms with van der Waals surface area (Å²) in [5.41, 5.74) is 7.94. The van der Waals surface area contributed by atoms with Crippen LogP contribution in [-0.2, 0) is 6.42 Å². The summed E-state index contributed by atoms with van der Waals surface area (Å²) in [6.45, 7) is -1.13. The zero-order valence-corrected chi connectivity index (χ0v) is 16.8. The van der Waals surface area contributed by atoms with Gasteiger partial charge in [-0.2, -0.15) is 13.9 Å². The third kappa shape index (κ3) is 4.47. The van der Waals surface area contributed by atoms with Crippen LogP contribution in [0.5, 0.6) is 5.75 Å². The van der Waals surface area contributed by atoms with Gasteiger partial charge in [0.25, 0.3) is 0 Å². The molecule has 0 saturated heterocycles. The van der Waals surface area contributed by atoms with Crippen molar-refractivity contribution in [2.24, 2.45) is 0 Å². The fourth-order valence-corrected chi connectivity index (χ4v) is 3.43. The van der Waals surface area contributed by atoms with E-state index in [4.69, 9.17) is 10.5 Å². The van der Waals surface area contributed by atoms with Gasteiger partial charge in [0.2, 0.25) is 5.95 Å². The van der Waals surface area contributed by atoms with Gasteiger partial charge in [0, 0.05) is 23.9 Å². The minimum Gasteiger partial charge on any atom is -0.490 e. The van der Waals surface area contributed by atoms with Gasteiger partial charge in [0.1, 0.15) is 11.4 Å². The summed E-state index contributed by atoms with van der Waals surface area (Å²) in [7, 11) is 0. The largest absolute Gasteiger partial charge is 0.490 e. The van der Waals surface area contributed by atoms with E-state index in [1.165, 1.54) is 18.3 Å². The van der Waals surface area contributed by atoms with Gasteiger partial charge in [-0.3, -0.25) is 0 Å². The number of nitrogens with two attached hydrogens (primary N) is 1. The Hall–Kier alpha value is -3.56. The predicted octanol–water partition coefficient (Wildman–Crippen LogP) is 3.85. The Labute approximate surface area is 176 Å². The van der Waals surface area contributed by atoms with E-state index in [-0.39, 0.29) is 29.7 Å². The summed E-state index contributed by atoms with van der Waals surface area (Å²) in [4.78, 5) is 19.6. The second-order valence-corrected chi connectivity index (χ2v) is 7.49. The van der Waals surface area contributed by atoms with Crippen LogP contribution in [0.4, 0.5) is 14.7 Å². The number of hydrogen-bond donors (Lipinski definition) is 2. The number of carboxylic acid groups (broad SMARTS) is 1. The normalized spacial score (nSPS) is 13.9. The number of aromatic carboxylic acids is 1. The van der Waals surface area contributed by atoms with Crippen LogP contribution >= 0.6 is 0 Å². The van der Waals surface area contributed by atoms with Crippen LogP contribution in [0.25, 0.3) is 11.4 Å². The van der Waals surface area contributed by atoms with Crippen molar-refractivity contribution in [1.82, 2.24) is 19.7 Å². The summed E-state index contributed by atoms with van der Waals surface area (Å²) in [6.07, 6.45) is 4.36. The van der Waals surface area contributed by atoms with Crippen molar-refractivity contribution in [2.45, 2.75) is 45.3 Å². The van der Waals surface area contributed by atoms with Crippen molar-refractivity contribution in [2.75, 3.05) is 5.73 Å². The van der Waals surface area contributed by atoms with E-state index in [0.717, 1.165) is 19.3 Å². The van der Waals surface area contributed by atoms with Gasteiger partial charge in [0.05, 0.1) is 17.4 Å². The van der Waals surface area contributed by atoms with Gasteiger partial charge in [-0.25, -0.2) is 19.4 Å². The molecule has 0 radical (unpaired) electrons. The molecule has 1 aliphatic carbocycles. The average molecular weight is 429 g/mol. The highest BCUT2D eigenvalue weighted by molar-refractivity contribution is 5.88. The first-order valence-electron chi connectivity index (χ1n) is 9.80. The third-order valence-corrected chi connectivity index (χ3v) is 5.16. The standard InChI is InChI=1S/C21H21F2N5O3/c1-11-7-16(26-21(24)25-11)18-14(10-28(27-18)20(22)23)9-13-8-12(19(29)30)5-6-17(13)31-15-3-2-4-15/h5-8,10,15,20H,2-4,9H2,1H3,(H,29,30)(H2,24,25,26). The molecule has 2 aromatic heterocycles. The maximum atomic E-state index is 13.4. The van der Waals surface area contributed by atoms with Crippen LogP contribution in [0.3, 0.4) is 0 Å². The monoisotopic (exact) mass is 429 g/mol. The Bertz CT molecular complexity index is 1110. The van der Waals surface area contributed by atoms with Gasteiger partial charge in [-0.15, -0.1) is 0 Å². The first-order valence-corrected chi connectivity index (χ1v) is 9.80. The number of hydrogen-bond acceptors (Lipinski definition) is 6. The molecular formula is C21H21F2N5O3. The molecular weight excluding hydrogens is 408 g/mol. The molecule has 0 atom stereocenters. The fraction of sp³-hybridized carbons (Fsp3) is 0.333. The highest BCUT2D eigenvalue weighted by atomic mass is 19.3. The first kappa shape index (κ1) is 20.7. The number of aryl methyl sites for hydroxylation is 1. The molecule has 0 amide bonds. The molecule has 4 rings (SSSR count). The molecule has 3 aromatic rings. The van der Waals surface area contributed by atoms with Crippen LogP contribution < -0.4 is 10.5 Å². The highest BCUT2D eigenvalue weighted by Gasteiger charge is 2.23. The summed E-state index contributed by atoms with van der Waals surface area (Å²) >= 11 is 0. The van der Waals surface area contributed by atoms with E-state index in [2.05, 4.69) is 15.1 Å². The molecule has 3 N–H and O–H groups in total. The Morgan fingerprint density at radius 3 is 2.68 bits per heavy atom. The van der Waals surface area contributed by atoms with Crippen molar-refractivity contribution in [3.63, 3.8) is 0 Å². The van der Waals surface area contributed by atoms with Gasteiger partial charge >= 0.3 is 12.5 Å². The quantitative estimate of drug-likeness (QED) is 0.586. The van der Waals surface area contributed by atoms with E-state index in [1.807, 2.05) is 0 Å². The average Bonchev–Trinajstić information content (AvgIpc) is 3.09. The predicted molar refractivity (Wildman–Crippen MR) is 108 cm³/mol. The summed E-state index contributed by atoms with van der Waals surface area (Å²) in [5, 5.41) is 13.4. The number of ether oxygens (including phenoxy) is 1. The van der Waals surface area contributed by atoms with E-state index in [0.29, 0.717) is 32.9 Å². The number of halogens is 2. The van der Waals surface area contributed by atoms with Crippen molar-refractivity contribution >= 4 is 11.9 Å². The lowest BCUT2D eigenvalue weighted by molar-refractivity contribution is 0.0567. The lowest BCUT2D eigenvalue weighted by Gasteiger charge is -2.27. The van der Waals surface area contributed by atoms with E-state index < -0.39 is 12.5 Å². The number of anilines is 1. The summed E-state index contributed by atoms with van der Waals surface area (Å²) in [6, 6.07) is 6.19. The Morgan fingerprint density at radius 2 is 2.06 bits per heavy atom. The van der Waals surface area contributed by atoms with Gasteiger partial charge in [0.15, 0.2) is 0 Å². The zero-order valence-electron chi connectivity index (χ0n) is 16.8. The number of nitrogens with zero attached hydrogens (tertiary/aromatic N) is 4. The number of aromatic nitrogens is 4. The lowest BCUT2D eigenvalue weighted by atomic mass is 9.95. The van der Waals surface area contributed by atoms with Crippen molar-refractivity contribution in [3.8, 4) is 17.1 Å². The van der Waals surface area contributed by atoms with Crippen LogP contribution in [0, 0.1) is 6.92 Å². The Kier molecular flexibility index (Phi) is 5.53. The maximum absolute atomic E-state index is 13.4. The number of rotatable bonds is 7. The molecule has 0 aliphatic heterocycles. The molecule has 1 fully saturated rings. The lowest BCUT2D eigenvalue weighted by Crippen LogP contribution is -2.25. The van der Waals surface area contributed by atoms with Gasteiger partial charge in [-0.1, -0.05) is 0 Å². The van der Waals surface area contributed by atoms with Crippen LogP contribution in [0.1, 0.15) is 53.0 Å². The number of carboxylic acids is 1. The first-order chi connectivity index (χ1) is 14.8. The molecule has 0 spiro atoms. The van der Waals surface area contributed by atoms with Crippen LogP contribution in [0.15, 0.2) is 30.5 Å². The topological polar surface area (TPSA) is 116 Å². The SMILES string of the molecule is Cc1cc(-c2nn(C(F)F)cc2Cc2cc(C(=O)O)ccc2OC2CCC2)nc(N)n1. The molecule has 0 unspecified atom stereocenters. The van der Waals surface area contributed by atoms with Gasteiger partial charge in [-0.05, 0) is 56.0 Å². The molecule has 1 aliphatic rings. The molecule has 1 saturated carbocycles. The molecule has 10 heteroatoms. The fourth-order valence-electron chi connectivity index (χ4n) is 3.43. The van der Waals surface area contributed by atoms with Crippen molar-refractivity contribution in [1.29, 1.82) is 0 Å². The molecule has 0 bridgehead atoms. The van der Waals surface area contributed by atoms with Crippen LogP contribution in [-0.4, -0.2) is 36.9 Å². The summed E-state index contributed by atoms with van der Waals surface area (Å²) in [5.74, 6) is -0.544. The molecule has 1 aromatic carbocycles. The zero-order chi connectivity index (χ0) is 22.1. The number of carbonyl (C=O) groups is 1. The van der Waals surface area contributed by atoms with Crippen molar-refractivity contribution < 1.29 is 23.4 Å². The van der Waals surface area contributed by atoms with E-state index in [1.54, 1.807) is 19.1 Å². The Balaban J connectivity index is 1.77. The molecule has 31 heavy (non-hydrogen) atoms. The van der Waals surface area contributed by atoms with E-state index >= 15 is 0 Å². The number of nitrogen functional groups attached to an aromatic ring is 1. The smallest absolute Gasteiger partial charge is 0.335 e. The second-order valence-electron chi connectivity index (χ2n) is 7.49. The highest BCUT2D eigenvalue weighted by Crippen LogP contribution is 2.32. The Morgan fingerprint density at radius 1 is 1.29 bits per heavy atom. The van der Waals surface area contributed by atoms with E-state index in [9.17, 15) is 18.7 Å². The number of benzene rings is 1. The maximum Gasteiger partial charge on any atom is 0.335 e. The van der Waals surface area contributed by atoms with Crippen molar-refractivity contribution in [3.05, 3.63) is 52.8 Å². The molecule has 162 valence electrons.